The van der Waals surface area contributed by atoms with Crippen LogP contribution in [0.4, 0.5) is 5.69 Å². The Bertz CT molecular complexity index is 485. The molecule has 0 aliphatic carbocycles. The molecule has 0 atom stereocenters. The highest BCUT2D eigenvalue weighted by atomic mass is 32.2. The maximum Gasteiger partial charge on any atom is 0.264 e. The number of para-hydroxylation sites is 1. The SMILES string of the molecule is CCc1ccccc1N(CC)CCCCS(=O)(=O)O. The number of unbranched alkanes of at least 4 members (excludes halogenated alkanes) is 1. The van der Waals surface area contributed by atoms with Gasteiger partial charge in [-0.25, -0.2) is 0 Å². The van der Waals surface area contributed by atoms with Gasteiger partial charge in [-0.1, -0.05) is 25.1 Å². The Hall–Kier alpha value is -1.07. The van der Waals surface area contributed by atoms with E-state index in [2.05, 4.69) is 30.9 Å². The Morgan fingerprint density at radius 2 is 1.84 bits per heavy atom. The van der Waals surface area contributed by atoms with Crippen molar-refractivity contribution < 1.29 is 13.0 Å². The van der Waals surface area contributed by atoms with E-state index in [0.29, 0.717) is 6.42 Å². The molecule has 0 aliphatic rings. The summed E-state index contributed by atoms with van der Waals surface area (Å²) in [7, 11) is -3.82. The third-order valence-electron chi connectivity index (χ3n) is 3.18. The van der Waals surface area contributed by atoms with Gasteiger partial charge in [-0.3, -0.25) is 4.55 Å². The van der Waals surface area contributed by atoms with E-state index < -0.39 is 10.1 Å². The average molecular weight is 285 g/mol. The van der Waals surface area contributed by atoms with Crippen molar-refractivity contribution in [2.75, 3.05) is 23.7 Å². The lowest BCUT2D eigenvalue weighted by Crippen LogP contribution is -2.25. The molecule has 0 saturated heterocycles. The number of nitrogens with zero attached hydrogens (tertiary/aromatic N) is 1. The van der Waals surface area contributed by atoms with Gasteiger partial charge in [-0.05, 0) is 37.8 Å². The van der Waals surface area contributed by atoms with Crippen molar-refractivity contribution in [3.8, 4) is 0 Å². The molecule has 0 aromatic heterocycles. The summed E-state index contributed by atoms with van der Waals surface area (Å²) in [6.45, 7) is 5.92. The van der Waals surface area contributed by atoms with Crippen LogP contribution >= 0.6 is 0 Å². The highest BCUT2D eigenvalue weighted by Crippen LogP contribution is 2.21. The second kappa shape index (κ2) is 7.50. The molecule has 0 unspecified atom stereocenters. The lowest BCUT2D eigenvalue weighted by Gasteiger charge is -2.25. The van der Waals surface area contributed by atoms with Crippen molar-refractivity contribution in [3.05, 3.63) is 29.8 Å². The number of hydrogen-bond acceptors (Lipinski definition) is 3. The molecular weight excluding hydrogens is 262 g/mol. The summed E-state index contributed by atoms with van der Waals surface area (Å²) in [6.07, 6.45) is 2.23. The van der Waals surface area contributed by atoms with Gasteiger partial charge in [-0.15, -0.1) is 0 Å². The van der Waals surface area contributed by atoms with Crippen LogP contribution in [0.25, 0.3) is 0 Å². The topological polar surface area (TPSA) is 57.6 Å². The zero-order chi connectivity index (χ0) is 14.3. The van der Waals surface area contributed by atoms with Crippen molar-refractivity contribution in [2.24, 2.45) is 0 Å². The van der Waals surface area contributed by atoms with E-state index in [-0.39, 0.29) is 5.75 Å². The Kier molecular flexibility index (Phi) is 6.31. The van der Waals surface area contributed by atoms with Crippen LogP contribution in [-0.2, 0) is 16.5 Å². The quantitative estimate of drug-likeness (QED) is 0.589. The first-order valence-electron chi connectivity index (χ1n) is 6.76. The van der Waals surface area contributed by atoms with Crippen molar-refractivity contribution >= 4 is 15.8 Å². The van der Waals surface area contributed by atoms with Gasteiger partial charge in [0, 0.05) is 18.8 Å². The first kappa shape index (κ1) is 16.0. The van der Waals surface area contributed by atoms with Crippen LogP contribution < -0.4 is 4.90 Å². The third-order valence-corrected chi connectivity index (χ3v) is 3.98. The molecule has 1 rings (SSSR count). The van der Waals surface area contributed by atoms with E-state index in [9.17, 15) is 8.42 Å². The lowest BCUT2D eigenvalue weighted by atomic mass is 10.1. The van der Waals surface area contributed by atoms with Crippen LogP contribution in [0.15, 0.2) is 24.3 Å². The average Bonchev–Trinajstić information content (AvgIpc) is 2.38. The molecular formula is C14H23NO3S. The highest BCUT2D eigenvalue weighted by molar-refractivity contribution is 7.85. The largest absolute Gasteiger partial charge is 0.372 e. The minimum atomic E-state index is -3.82. The predicted molar refractivity (Wildman–Crippen MR) is 79.4 cm³/mol. The Morgan fingerprint density at radius 1 is 1.16 bits per heavy atom. The third kappa shape index (κ3) is 5.61. The van der Waals surface area contributed by atoms with E-state index in [0.717, 1.165) is 25.9 Å². The molecule has 19 heavy (non-hydrogen) atoms. The maximum absolute atomic E-state index is 10.7. The van der Waals surface area contributed by atoms with E-state index in [4.69, 9.17) is 4.55 Å². The molecule has 0 aliphatic heterocycles. The van der Waals surface area contributed by atoms with Crippen LogP contribution in [0.1, 0.15) is 32.3 Å². The molecule has 4 nitrogen and oxygen atoms in total. The van der Waals surface area contributed by atoms with Gasteiger partial charge in [0.2, 0.25) is 0 Å². The zero-order valence-corrected chi connectivity index (χ0v) is 12.5. The van der Waals surface area contributed by atoms with Crippen LogP contribution in [0.2, 0.25) is 0 Å². The molecule has 0 amide bonds. The molecule has 0 fully saturated rings. The fourth-order valence-electron chi connectivity index (χ4n) is 2.15. The van der Waals surface area contributed by atoms with E-state index in [1.807, 2.05) is 12.1 Å². The normalized spacial score (nSPS) is 11.5. The fourth-order valence-corrected chi connectivity index (χ4v) is 2.72. The standard InChI is InChI=1S/C14H23NO3S/c1-3-13-9-5-6-10-14(13)15(4-2)11-7-8-12-19(16,17)18/h5-6,9-10H,3-4,7-8,11-12H2,1-2H3,(H,16,17,18). The molecule has 0 heterocycles. The number of hydrogen-bond donors (Lipinski definition) is 1. The van der Waals surface area contributed by atoms with Gasteiger partial charge >= 0.3 is 0 Å². The van der Waals surface area contributed by atoms with E-state index in [1.165, 1.54) is 11.3 Å². The maximum atomic E-state index is 10.7. The molecule has 0 radical (unpaired) electrons. The monoisotopic (exact) mass is 285 g/mol. The first-order valence-corrected chi connectivity index (χ1v) is 8.36. The summed E-state index contributed by atoms with van der Waals surface area (Å²) < 4.78 is 30.0. The number of aryl methyl sites for hydroxylation is 1. The van der Waals surface area contributed by atoms with Gasteiger partial charge in [0.25, 0.3) is 10.1 Å². The summed E-state index contributed by atoms with van der Waals surface area (Å²) in [5.41, 5.74) is 2.53. The summed E-state index contributed by atoms with van der Waals surface area (Å²) in [4.78, 5) is 2.25. The molecule has 0 bridgehead atoms. The van der Waals surface area contributed by atoms with Crippen molar-refractivity contribution in [2.45, 2.75) is 33.1 Å². The lowest BCUT2D eigenvalue weighted by molar-refractivity contribution is 0.480. The van der Waals surface area contributed by atoms with Crippen molar-refractivity contribution in [3.63, 3.8) is 0 Å². The smallest absolute Gasteiger partial charge is 0.264 e. The summed E-state index contributed by atoms with van der Waals surface area (Å²) in [6, 6.07) is 8.28. The van der Waals surface area contributed by atoms with E-state index in [1.54, 1.807) is 0 Å². The molecule has 1 aromatic rings. The minimum Gasteiger partial charge on any atom is -0.372 e. The molecule has 1 aromatic carbocycles. The summed E-state index contributed by atoms with van der Waals surface area (Å²) in [5, 5.41) is 0. The summed E-state index contributed by atoms with van der Waals surface area (Å²) >= 11 is 0. The molecule has 0 saturated carbocycles. The van der Waals surface area contributed by atoms with Crippen LogP contribution in [0.3, 0.4) is 0 Å². The molecule has 1 N–H and O–H groups in total. The second-order valence-electron chi connectivity index (χ2n) is 4.56. The van der Waals surface area contributed by atoms with Crippen LogP contribution in [-0.4, -0.2) is 31.8 Å². The molecule has 0 spiro atoms. The Balaban J connectivity index is 2.58. The molecule has 5 heteroatoms. The Labute approximate surface area is 116 Å². The Morgan fingerprint density at radius 3 is 2.42 bits per heavy atom. The van der Waals surface area contributed by atoms with Crippen LogP contribution in [0, 0.1) is 0 Å². The zero-order valence-electron chi connectivity index (χ0n) is 11.7. The van der Waals surface area contributed by atoms with E-state index >= 15 is 0 Å². The second-order valence-corrected chi connectivity index (χ2v) is 6.13. The van der Waals surface area contributed by atoms with Crippen LogP contribution in [0.5, 0.6) is 0 Å². The van der Waals surface area contributed by atoms with Crippen molar-refractivity contribution in [1.82, 2.24) is 0 Å². The highest BCUT2D eigenvalue weighted by Gasteiger charge is 2.09. The van der Waals surface area contributed by atoms with Gasteiger partial charge < -0.3 is 4.90 Å². The van der Waals surface area contributed by atoms with Gasteiger partial charge in [0.15, 0.2) is 0 Å². The molecule has 108 valence electrons. The van der Waals surface area contributed by atoms with Gasteiger partial charge in [0.05, 0.1) is 5.75 Å². The number of benzene rings is 1. The number of anilines is 1. The van der Waals surface area contributed by atoms with Gasteiger partial charge in [-0.2, -0.15) is 8.42 Å². The number of rotatable bonds is 8. The fraction of sp³-hybridized carbons (Fsp3) is 0.571. The summed E-state index contributed by atoms with van der Waals surface area (Å²) in [5.74, 6) is -0.153. The van der Waals surface area contributed by atoms with Crippen molar-refractivity contribution in [1.29, 1.82) is 0 Å². The predicted octanol–water partition coefficient (Wildman–Crippen LogP) is 2.74. The van der Waals surface area contributed by atoms with Gasteiger partial charge in [0.1, 0.15) is 0 Å². The first-order chi connectivity index (χ1) is 8.98. The minimum absolute atomic E-state index is 0.153.